The van der Waals surface area contributed by atoms with Gasteiger partial charge in [-0.3, -0.25) is 4.79 Å². The van der Waals surface area contributed by atoms with Crippen LogP contribution in [0.15, 0.2) is 6.20 Å². The van der Waals surface area contributed by atoms with Crippen molar-refractivity contribution in [3.8, 4) is 0 Å². The molecule has 0 aliphatic heterocycles. The molecule has 0 N–H and O–H groups in total. The average molecular weight is 236 g/mol. The van der Waals surface area contributed by atoms with E-state index in [9.17, 15) is 4.79 Å². The van der Waals surface area contributed by atoms with Gasteiger partial charge in [0.2, 0.25) is 0 Å². The predicted octanol–water partition coefficient (Wildman–Crippen LogP) is 2.65. The molecule has 4 nitrogen and oxygen atoms in total. The highest BCUT2D eigenvalue weighted by atomic mass is 16.5. The van der Waals surface area contributed by atoms with Crippen LogP contribution in [0.5, 0.6) is 0 Å². The smallest absolute Gasteiger partial charge is 0.163 e. The van der Waals surface area contributed by atoms with Gasteiger partial charge in [-0.25, -0.2) is 9.97 Å². The third-order valence-corrected chi connectivity index (χ3v) is 2.97. The lowest BCUT2D eigenvalue weighted by Crippen LogP contribution is -2.28. The maximum Gasteiger partial charge on any atom is 0.163 e. The Labute approximate surface area is 102 Å². The van der Waals surface area contributed by atoms with Crippen LogP contribution in [0.25, 0.3) is 0 Å². The van der Waals surface area contributed by atoms with E-state index in [0.717, 1.165) is 6.42 Å². The Bertz CT molecular complexity index is 418. The van der Waals surface area contributed by atoms with Crippen molar-refractivity contribution in [3.63, 3.8) is 0 Å². The van der Waals surface area contributed by atoms with Gasteiger partial charge in [0, 0.05) is 12.8 Å². The molecule has 4 heteroatoms. The lowest BCUT2D eigenvalue weighted by Gasteiger charge is -2.26. The zero-order chi connectivity index (χ0) is 13.1. The quantitative estimate of drug-likeness (QED) is 0.737. The van der Waals surface area contributed by atoms with E-state index >= 15 is 0 Å². The van der Waals surface area contributed by atoms with Crippen LogP contribution in [-0.2, 0) is 10.3 Å². The first-order valence-electron chi connectivity index (χ1n) is 5.93. The summed E-state index contributed by atoms with van der Waals surface area (Å²) in [5.74, 6) is 0.632. The van der Waals surface area contributed by atoms with Gasteiger partial charge in [-0.2, -0.15) is 0 Å². The molecule has 1 aromatic rings. The lowest BCUT2D eigenvalue weighted by atomic mass is 10.0. The van der Waals surface area contributed by atoms with Gasteiger partial charge in [-0.05, 0) is 34.1 Å². The Balaban J connectivity index is 3.15. The fraction of sp³-hybridized carbons (Fsp3) is 0.615. The van der Waals surface area contributed by atoms with Crippen LogP contribution in [0.3, 0.4) is 0 Å². The highest BCUT2D eigenvalue weighted by Gasteiger charge is 2.28. The van der Waals surface area contributed by atoms with Crippen LogP contribution in [-0.4, -0.2) is 22.4 Å². The van der Waals surface area contributed by atoms with Crippen LogP contribution >= 0.6 is 0 Å². The van der Waals surface area contributed by atoms with Crippen molar-refractivity contribution >= 4 is 5.78 Å². The first-order chi connectivity index (χ1) is 7.94. The molecule has 0 fully saturated rings. The molecule has 0 saturated heterocycles. The third-order valence-electron chi connectivity index (χ3n) is 2.97. The molecule has 0 amide bonds. The fourth-order valence-electron chi connectivity index (χ4n) is 1.71. The molecule has 1 unspecified atom stereocenters. The molecule has 0 bridgehead atoms. The van der Waals surface area contributed by atoms with E-state index in [-0.39, 0.29) is 5.78 Å². The summed E-state index contributed by atoms with van der Waals surface area (Å²) in [5.41, 5.74) is 0.806. The van der Waals surface area contributed by atoms with Gasteiger partial charge in [0.1, 0.15) is 5.60 Å². The van der Waals surface area contributed by atoms with Crippen molar-refractivity contribution < 1.29 is 9.53 Å². The summed E-state index contributed by atoms with van der Waals surface area (Å²) >= 11 is 0. The summed E-state index contributed by atoms with van der Waals surface area (Å²) in [6.07, 6.45) is 2.38. The van der Waals surface area contributed by atoms with Crippen molar-refractivity contribution in [2.75, 3.05) is 6.61 Å². The Morgan fingerprint density at radius 1 is 1.47 bits per heavy atom. The number of carbonyl (C=O) groups excluding carboxylic acids is 1. The molecule has 0 radical (unpaired) electrons. The summed E-state index contributed by atoms with van der Waals surface area (Å²) in [4.78, 5) is 20.0. The van der Waals surface area contributed by atoms with E-state index in [1.54, 1.807) is 6.20 Å². The number of ketones is 1. The Morgan fingerprint density at radius 3 is 2.53 bits per heavy atom. The summed E-state index contributed by atoms with van der Waals surface area (Å²) in [6, 6.07) is 0. The zero-order valence-electron chi connectivity index (χ0n) is 11.2. The highest BCUT2D eigenvalue weighted by molar-refractivity contribution is 5.94. The third kappa shape index (κ3) is 2.88. The van der Waals surface area contributed by atoms with Gasteiger partial charge < -0.3 is 4.74 Å². The number of nitrogens with zero attached hydrogens (tertiary/aromatic N) is 2. The number of aryl methyl sites for hydroxylation is 1. The van der Waals surface area contributed by atoms with Crippen molar-refractivity contribution in [1.82, 2.24) is 9.97 Å². The Morgan fingerprint density at radius 2 is 2.12 bits per heavy atom. The number of hydrogen-bond acceptors (Lipinski definition) is 4. The van der Waals surface area contributed by atoms with Gasteiger partial charge >= 0.3 is 0 Å². The van der Waals surface area contributed by atoms with Gasteiger partial charge in [0.25, 0.3) is 0 Å². The van der Waals surface area contributed by atoms with Gasteiger partial charge in [0.05, 0.1) is 11.3 Å². The van der Waals surface area contributed by atoms with Gasteiger partial charge in [-0.15, -0.1) is 0 Å². The molecular formula is C13H20N2O2. The molecule has 0 aliphatic rings. The monoisotopic (exact) mass is 236 g/mol. The molecular weight excluding hydrogens is 216 g/mol. The van der Waals surface area contributed by atoms with Crippen LogP contribution in [0.1, 0.15) is 56.0 Å². The first-order valence-corrected chi connectivity index (χ1v) is 5.93. The molecule has 1 heterocycles. The van der Waals surface area contributed by atoms with Crippen molar-refractivity contribution in [2.24, 2.45) is 0 Å². The van der Waals surface area contributed by atoms with Crippen LogP contribution in [0, 0.1) is 6.92 Å². The number of hydrogen-bond donors (Lipinski definition) is 0. The highest BCUT2D eigenvalue weighted by Crippen LogP contribution is 2.26. The standard InChI is InChI=1S/C13H20N2O2/c1-6-13(5,17-7-2)12-14-8-11(10(4)16)9(3)15-12/h8H,6-7H2,1-5H3. The molecule has 1 rings (SSSR count). The fourth-order valence-corrected chi connectivity index (χ4v) is 1.71. The van der Waals surface area contributed by atoms with Crippen molar-refractivity contribution in [3.05, 3.63) is 23.3 Å². The maximum atomic E-state index is 11.3. The summed E-state index contributed by atoms with van der Waals surface area (Å²) < 4.78 is 5.71. The maximum absolute atomic E-state index is 11.3. The van der Waals surface area contributed by atoms with Crippen molar-refractivity contribution in [2.45, 2.75) is 46.6 Å². The van der Waals surface area contributed by atoms with E-state index < -0.39 is 5.60 Å². The molecule has 0 aromatic carbocycles. The Hall–Kier alpha value is -1.29. The number of carbonyl (C=O) groups is 1. The van der Waals surface area contributed by atoms with Gasteiger partial charge in [0.15, 0.2) is 11.6 Å². The molecule has 0 aliphatic carbocycles. The van der Waals surface area contributed by atoms with Gasteiger partial charge in [-0.1, -0.05) is 6.92 Å². The van der Waals surface area contributed by atoms with Crippen LogP contribution in [0.4, 0.5) is 0 Å². The largest absolute Gasteiger partial charge is 0.368 e. The van der Waals surface area contributed by atoms with E-state index in [1.165, 1.54) is 6.92 Å². The average Bonchev–Trinajstić information content (AvgIpc) is 2.28. The van der Waals surface area contributed by atoms with Crippen molar-refractivity contribution in [1.29, 1.82) is 0 Å². The molecule has 17 heavy (non-hydrogen) atoms. The van der Waals surface area contributed by atoms with Crippen LogP contribution < -0.4 is 0 Å². The molecule has 1 atom stereocenters. The molecule has 1 aromatic heterocycles. The summed E-state index contributed by atoms with van der Waals surface area (Å²) in [7, 11) is 0. The summed E-state index contributed by atoms with van der Waals surface area (Å²) in [5, 5.41) is 0. The Kier molecular flexibility index (Phi) is 4.34. The predicted molar refractivity (Wildman–Crippen MR) is 66.0 cm³/mol. The summed E-state index contributed by atoms with van der Waals surface area (Å²) in [6.45, 7) is 9.91. The lowest BCUT2D eigenvalue weighted by molar-refractivity contribution is -0.0391. The second-order valence-corrected chi connectivity index (χ2v) is 4.27. The topological polar surface area (TPSA) is 52.1 Å². The number of ether oxygens (including phenoxy) is 1. The minimum Gasteiger partial charge on any atom is -0.368 e. The minimum atomic E-state index is -0.477. The second kappa shape index (κ2) is 5.36. The second-order valence-electron chi connectivity index (χ2n) is 4.27. The van der Waals surface area contributed by atoms with Crippen LogP contribution in [0.2, 0.25) is 0 Å². The first kappa shape index (κ1) is 13.8. The number of rotatable bonds is 5. The zero-order valence-corrected chi connectivity index (χ0v) is 11.2. The number of aromatic nitrogens is 2. The SMILES string of the molecule is CCOC(C)(CC)c1ncc(C(C)=O)c(C)n1. The molecule has 0 spiro atoms. The molecule has 94 valence electrons. The normalized spacial score (nSPS) is 14.4. The minimum absolute atomic E-state index is 0.0105. The molecule has 0 saturated carbocycles. The van der Waals surface area contributed by atoms with E-state index in [2.05, 4.69) is 9.97 Å². The van der Waals surface area contributed by atoms with E-state index in [0.29, 0.717) is 23.7 Å². The number of Topliss-reactive ketones (excluding diaryl/α,β-unsaturated/α-hetero) is 1. The van der Waals surface area contributed by atoms with E-state index in [1.807, 2.05) is 27.7 Å². The van der Waals surface area contributed by atoms with E-state index in [4.69, 9.17) is 4.74 Å².